The molecule has 96 valence electrons. The normalized spacial score (nSPS) is 24.5. The average Bonchev–Trinajstić information content (AvgIpc) is 2.88. The third-order valence-electron chi connectivity index (χ3n) is 3.39. The van der Waals surface area contributed by atoms with Gasteiger partial charge in [0.25, 0.3) is 0 Å². The van der Waals surface area contributed by atoms with E-state index >= 15 is 0 Å². The zero-order valence-corrected chi connectivity index (χ0v) is 10.3. The minimum absolute atomic E-state index is 0.153. The predicted octanol–water partition coefficient (Wildman–Crippen LogP) is 0.981. The van der Waals surface area contributed by atoms with Crippen molar-refractivity contribution in [1.29, 1.82) is 0 Å². The molecule has 0 aromatic rings. The summed E-state index contributed by atoms with van der Waals surface area (Å²) < 4.78 is 5.50. The Kier molecular flexibility index (Phi) is 5.01. The van der Waals surface area contributed by atoms with Gasteiger partial charge < -0.3 is 15.4 Å². The van der Waals surface area contributed by atoms with Crippen LogP contribution in [0.3, 0.4) is 0 Å². The molecule has 0 radical (unpaired) electrons. The number of carbonyl (C=O) groups excluding carboxylic acids is 1. The number of amides is 1. The van der Waals surface area contributed by atoms with Gasteiger partial charge in [-0.15, -0.1) is 0 Å². The molecule has 1 unspecified atom stereocenters. The number of nitrogens with one attached hydrogen (secondary N) is 2. The first-order valence-electron chi connectivity index (χ1n) is 6.61. The van der Waals surface area contributed by atoms with Gasteiger partial charge in [-0.2, -0.15) is 0 Å². The van der Waals surface area contributed by atoms with Crippen LogP contribution in [0.4, 0.5) is 0 Å². The molecule has 0 aromatic carbocycles. The molecule has 1 amide bonds. The van der Waals surface area contributed by atoms with Crippen LogP contribution in [0.1, 0.15) is 32.1 Å². The minimum Gasteiger partial charge on any atom is -0.378 e. The Morgan fingerprint density at radius 1 is 1.59 bits per heavy atom. The molecule has 17 heavy (non-hydrogen) atoms. The lowest BCUT2D eigenvalue weighted by Gasteiger charge is -2.15. The SMILES string of the molecule is O=C(CCC1CCCO1)NCC1=CCNCC1. The van der Waals surface area contributed by atoms with Crippen molar-refractivity contribution >= 4 is 5.91 Å². The molecule has 1 atom stereocenters. The zero-order chi connectivity index (χ0) is 11.9. The molecule has 0 bridgehead atoms. The summed E-state index contributed by atoms with van der Waals surface area (Å²) >= 11 is 0. The fourth-order valence-electron chi connectivity index (χ4n) is 2.29. The molecular weight excluding hydrogens is 216 g/mol. The second-order valence-electron chi connectivity index (χ2n) is 4.77. The van der Waals surface area contributed by atoms with Crippen LogP contribution in [0.5, 0.6) is 0 Å². The molecule has 0 aliphatic carbocycles. The lowest BCUT2D eigenvalue weighted by molar-refractivity contribution is -0.121. The summed E-state index contributed by atoms with van der Waals surface area (Å²) in [6.45, 7) is 3.54. The lowest BCUT2D eigenvalue weighted by atomic mass is 10.1. The molecule has 1 fully saturated rings. The summed E-state index contributed by atoms with van der Waals surface area (Å²) in [5.41, 5.74) is 1.34. The van der Waals surface area contributed by atoms with Gasteiger partial charge in [0.1, 0.15) is 0 Å². The maximum atomic E-state index is 11.6. The predicted molar refractivity (Wildman–Crippen MR) is 66.8 cm³/mol. The molecule has 4 heteroatoms. The first kappa shape index (κ1) is 12.6. The highest BCUT2D eigenvalue weighted by Gasteiger charge is 2.16. The molecule has 4 nitrogen and oxygen atoms in total. The quantitative estimate of drug-likeness (QED) is 0.702. The Labute approximate surface area is 103 Å². The van der Waals surface area contributed by atoms with Crippen molar-refractivity contribution in [1.82, 2.24) is 10.6 Å². The Morgan fingerprint density at radius 3 is 3.24 bits per heavy atom. The zero-order valence-electron chi connectivity index (χ0n) is 10.3. The highest BCUT2D eigenvalue weighted by molar-refractivity contribution is 5.76. The summed E-state index contributed by atoms with van der Waals surface area (Å²) in [4.78, 5) is 11.6. The van der Waals surface area contributed by atoms with E-state index in [1.807, 2.05) is 0 Å². The molecule has 2 heterocycles. The van der Waals surface area contributed by atoms with E-state index in [-0.39, 0.29) is 5.91 Å². The maximum absolute atomic E-state index is 11.6. The second kappa shape index (κ2) is 6.77. The van der Waals surface area contributed by atoms with Gasteiger partial charge in [-0.05, 0) is 32.2 Å². The molecule has 2 rings (SSSR count). The summed E-state index contributed by atoms with van der Waals surface area (Å²) in [5.74, 6) is 0.153. The molecule has 2 aliphatic rings. The average molecular weight is 238 g/mol. The Hall–Kier alpha value is -0.870. The maximum Gasteiger partial charge on any atom is 0.220 e. The van der Waals surface area contributed by atoms with Crippen molar-refractivity contribution in [2.24, 2.45) is 0 Å². The van der Waals surface area contributed by atoms with E-state index in [2.05, 4.69) is 16.7 Å². The van der Waals surface area contributed by atoms with Gasteiger partial charge in [0.2, 0.25) is 5.91 Å². The van der Waals surface area contributed by atoms with Crippen LogP contribution < -0.4 is 10.6 Å². The van der Waals surface area contributed by atoms with Crippen molar-refractivity contribution < 1.29 is 9.53 Å². The van der Waals surface area contributed by atoms with Crippen molar-refractivity contribution in [2.75, 3.05) is 26.2 Å². The number of hydrogen-bond donors (Lipinski definition) is 2. The second-order valence-corrected chi connectivity index (χ2v) is 4.77. The van der Waals surface area contributed by atoms with E-state index in [9.17, 15) is 4.79 Å². The topological polar surface area (TPSA) is 50.4 Å². The van der Waals surface area contributed by atoms with Gasteiger partial charge in [-0.1, -0.05) is 11.6 Å². The van der Waals surface area contributed by atoms with E-state index in [0.717, 1.165) is 45.4 Å². The van der Waals surface area contributed by atoms with Crippen molar-refractivity contribution in [2.45, 2.75) is 38.2 Å². The van der Waals surface area contributed by atoms with E-state index in [1.54, 1.807) is 0 Å². The molecule has 0 saturated carbocycles. The van der Waals surface area contributed by atoms with E-state index < -0.39 is 0 Å². The van der Waals surface area contributed by atoms with Gasteiger partial charge in [0.05, 0.1) is 6.10 Å². The van der Waals surface area contributed by atoms with Gasteiger partial charge in [-0.3, -0.25) is 4.79 Å². The smallest absolute Gasteiger partial charge is 0.220 e. The van der Waals surface area contributed by atoms with Crippen LogP contribution in [-0.4, -0.2) is 38.3 Å². The van der Waals surface area contributed by atoms with Gasteiger partial charge in [-0.25, -0.2) is 0 Å². The monoisotopic (exact) mass is 238 g/mol. The van der Waals surface area contributed by atoms with E-state index in [0.29, 0.717) is 19.1 Å². The van der Waals surface area contributed by atoms with Crippen LogP contribution in [0.15, 0.2) is 11.6 Å². The van der Waals surface area contributed by atoms with Crippen molar-refractivity contribution in [3.05, 3.63) is 11.6 Å². The number of hydrogen-bond acceptors (Lipinski definition) is 3. The molecule has 2 N–H and O–H groups in total. The van der Waals surface area contributed by atoms with Gasteiger partial charge in [0, 0.05) is 26.1 Å². The summed E-state index contributed by atoms with van der Waals surface area (Å²) in [6.07, 6.45) is 7.26. The Morgan fingerprint density at radius 2 is 2.53 bits per heavy atom. The third kappa shape index (κ3) is 4.48. The van der Waals surface area contributed by atoms with Gasteiger partial charge in [0.15, 0.2) is 0 Å². The fourth-order valence-corrected chi connectivity index (χ4v) is 2.29. The first-order valence-corrected chi connectivity index (χ1v) is 6.61. The number of carbonyl (C=O) groups is 1. The van der Waals surface area contributed by atoms with Crippen LogP contribution in [0.2, 0.25) is 0 Å². The Balaban J connectivity index is 1.58. The minimum atomic E-state index is 0.153. The van der Waals surface area contributed by atoms with Crippen molar-refractivity contribution in [3.63, 3.8) is 0 Å². The van der Waals surface area contributed by atoms with Crippen LogP contribution in [0.25, 0.3) is 0 Å². The molecule has 0 aromatic heterocycles. The van der Waals surface area contributed by atoms with E-state index in [1.165, 1.54) is 5.57 Å². The standard InChI is InChI=1S/C13H22N2O2/c16-13(4-3-12-2-1-9-17-12)15-10-11-5-7-14-8-6-11/h5,12,14H,1-4,6-10H2,(H,15,16). The molecule has 0 spiro atoms. The highest BCUT2D eigenvalue weighted by Crippen LogP contribution is 2.16. The molecular formula is C13H22N2O2. The molecule has 2 aliphatic heterocycles. The first-order chi connectivity index (χ1) is 8.34. The van der Waals surface area contributed by atoms with Gasteiger partial charge >= 0.3 is 0 Å². The highest BCUT2D eigenvalue weighted by atomic mass is 16.5. The molecule has 1 saturated heterocycles. The van der Waals surface area contributed by atoms with E-state index in [4.69, 9.17) is 4.74 Å². The largest absolute Gasteiger partial charge is 0.378 e. The summed E-state index contributed by atoms with van der Waals surface area (Å²) in [5, 5.41) is 6.24. The van der Waals surface area contributed by atoms with Crippen LogP contribution in [-0.2, 0) is 9.53 Å². The number of rotatable bonds is 5. The summed E-state index contributed by atoms with van der Waals surface area (Å²) in [7, 11) is 0. The van der Waals surface area contributed by atoms with Crippen molar-refractivity contribution in [3.8, 4) is 0 Å². The Bertz CT molecular complexity index is 283. The number of ether oxygens (including phenoxy) is 1. The summed E-state index contributed by atoms with van der Waals surface area (Å²) in [6, 6.07) is 0. The van der Waals surface area contributed by atoms with Crippen LogP contribution >= 0.6 is 0 Å². The third-order valence-corrected chi connectivity index (χ3v) is 3.39. The van der Waals surface area contributed by atoms with Crippen LogP contribution in [0, 0.1) is 0 Å². The lowest BCUT2D eigenvalue weighted by Crippen LogP contribution is -2.30. The fraction of sp³-hybridized carbons (Fsp3) is 0.769.